The topological polar surface area (TPSA) is 33.1 Å². The Morgan fingerprint density at radius 1 is 1.40 bits per heavy atom. The van der Waals surface area contributed by atoms with Gasteiger partial charge in [-0.3, -0.25) is 0 Å². The molecule has 0 bridgehead atoms. The normalized spacial score (nSPS) is 12.7. The van der Waals surface area contributed by atoms with Gasteiger partial charge in [-0.15, -0.1) is 11.3 Å². The maximum Gasteiger partial charge on any atom is 0.107 e. The summed E-state index contributed by atoms with van der Waals surface area (Å²) in [5, 5.41) is 12.5. The van der Waals surface area contributed by atoms with Crippen LogP contribution < -0.4 is 0 Å². The quantitative estimate of drug-likeness (QED) is 0.888. The van der Waals surface area contributed by atoms with Gasteiger partial charge in [-0.2, -0.15) is 0 Å². The van der Waals surface area contributed by atoms with Gasteiger partial charge < -0.3 is 5.11 Å². The highest BCUT2D eigenvalue weighted by Crippen LogP contribution is 2.33. The molecule has 2 aromatic rings. The van der Waals surface area contributed by atoms with E-state index in [0.29, 0.717) is 0 Å². The van der Waals surface area contributed by atoms with Gasteiger partial charge in [0.2, 0.25) is 0 Å². The Morgan fingerprint density at radius 2 is 2.27 bits per heavy atom. The largest absolute Gasteiger partial charge is 0.389 e. The summed E-state index contributed by atoms with van der Waals surface area (Å²) in [7, 11) is 0. The monoisotopic (exact) mass is 237 g/mol. The fourth-order valence-electron chi connectivity index (χ4n) is 1.22. The summed E-state index contributed by atoms with van der Waals surface area (Å²) < 4.78 is 1.19. The van der Waals surface area contributed by atoms with Crippen molar-refractivity contribution in [2.24, 2.45) is 0 Å². The lowest BCUT2D eigenvalue weighted by molar-refractivity contribution is 0.195. The van der Waals surface area contributed by atoms with E-state index in [1.165, 1.54) is 4.21 Å². The molecule has 2 aromatic heterocycles. The van der Waals surface area contributed by atoms with Gasteiger partial charge >= 0.3 is 0 Å². The number of hydrogen-bond donors (Lipinski definition) is 1. The van der Waals surface area contributed by atoms with Crippen LogP contribution in [0.1, 0.15) is 18.6 Å². The molecule has 0 aromatic carbocycles. The zero-order chi connectivity index (χ0) is 10.7. The van der Waals surface area contributed by atoms with E-state index in [1.807, 2.05) is 23.6 Å². The van der Waals surface area contributed by atoms with Crippen LogP contribution in [0.2, 0.25) is 0 Å². The van der Waals surface area contributed by atoms with Crippen molar-refractivity contribution >= 4 is 23.1 Å². The van der Waals surface area contributed by atoms with Crippen LogP contribution >= 0.6 is 23.1 Å². The second kappa shape index (κ2) is 4.79. The third-order valence-corrected chi connectivity index (χ3v) is 4.02. The van der Waals surface area contributed by atoms with Crippen LogP contribution in [-0.4, -0.2) is 10.1 Å². The Labute approximate surface area is 97.0 Å². The number of aromatic nitrogens is 1. The molecule has 0 aliphatic heterocycles. The molecule has 0 spiro atoms. The predicted molar refractivity (Wildman–Crippen MR) is 63.3 cm³/mol. The van der Waals surface area contributed by atoms with Crippen molar-refractivity contribution in [1.29, 1.82) is 0 Å². The molecule has 0 radical (unpaired) electrons. The first-order chi connectivity index (χ1) is 7.27. The van der Waals surface area contributed by atoms with Gasteiger partial charge in [-0.25, -0.2) is 4.98 Å². The van der Waals surface area contributed by atoms with Crippen molar-refractivity contribution in [2.75, 3.05) is 0 Å². The minimum absolute atomic E-state index is 0.471. The second-order valence-electron chi connectivity index (χ2n) is 3.11. The zero-order valence-corrected chi connectivity index (χ0v) is 9.89. The highest BCUT2D eigenvalue weighted by atomic mass is 32.2. The van der Waals surface area contributed by atoms with Crippen LogP contribution in [0.5, 0.6) is 0 Å². The number of hydrogen-bond acceptors (Lipinski definition) is 4. The summed E-state index contributed by atoms with van der Waals surface area (Å²) in [5.41, 5.74) is 0.885. The lowest BCUT2D eigenvalue weighted by Gasteiger charge is -2.08. The Morgan fingerprint density at radius 3 is 2.93 bits per heavy atom. The maximum absolute atomic E-state index is 9.58. The molecule has 1 N–H and O–H groups in total. The number of pyridine rings is 1. The third-order valence-electron chi connectivity index (χ3n) is 1.94. The predicted octanol–water partition coefficient (Wildman–Crippen LogP) is 3.35. The van der Waals surface area contributed by atoms with E-state index in [4.69, 9.17) is 0 Å². The van der Waals surface area contributed by atoms with E-state index >= 15 is 0 Å². The van der Waals surface area contributed by atoms with Crippen LogP contribution in [0.3, 0.4) is 0 Å². The van der Waals surface area contributed by atoms with Crippen molar-refractivity contribution in [3.8, 4) is 0 Å². The summed E-state index contributed by atoms with van der Waals surface area (Å²) >= 11 is 3.28. The summed E-state index contributed by atoms with van der Waals surface area (Å²) in [6.07, 6.45) is 1.28. The molecule has 2 rings (SSSR count). The van der Waals surface area contributed by atoms with Crippen molar-refractivity contribution in [1.82, 2.24) is 4.98 Å². The first-order valence-corrected chi connectivity index (χ1v) is 6.31. The minimum atomic E-state index is -0.471. The molecule has 78 valence electrons. The molecule has 0 saturated carbocycles. The van der Waals surface area contributed by atoms with Crippen molar-refractivity contribution in [2.45, 2.75) is 22.3 Å². The summed E-state index contributed by atoms with van der Waals surface area (Å²) in [4.78, 5) is 4.28. The van der Waals surface area contributed by atoms with Crippen LogP contribution in [-0.2, 0) is 0 Å². The molecule has 2 heterocycles. The Balaban J connectivity index is 2.28. The number of aliphatic hydroxyl groups excluding tert-OH is 1. The molecule has 0 saturated heterocycles. The van der Waals surface area contributed by atoms with Crippen LogP contribution in [0.4, 0.5) is 0 Å². The van der Waals surface area contributed by atoms with Crippen molar-refractivity contribution in [3.05, 3.63) is 41.4 Å². The van der Waals surface area contributed by atoms with Crippen LogP contribution in [0.25, 0.3) is 0 Å². The second-order valence-corrected chi connectivity index (χ2v) is 5.34. The molecule has 15 heavy (non-hydrogen) atoms. The average Bonchev–Trinajstić information content (AvgIpc) is 2.71. The molecule has 0 unspecified atom stereocenters. The zero-order valence-electron chi connectivity index (χ0n) is 8.25. The van der Waals surface area contributed by atoms with Gasteiger partial charge in [0.1, 0.15) is 5.03 Å². The first kappa shape index (κ1) is 10.7. The first-order valence-electron chi connectivity index (χ1n) is 4.61. The molecule has 0 fully saturated rings. The molecule has 2 nitrogen and oxygen atoms in total. The number of thiophene rings is 1. The highest BCUT2D eigenvalue weighted by Gasteiger charge is 2.09. The van der Waals surface area contributed by atoms with E-state index < -0.39 is 6.10 Å². The average molecular weight is 237 g/mol. The summed E-state index contributed by atoms with van der Waals surface area (Å²) in [5.74, 6) is 0. The van der Waals surface area contributed by atoms with Gasteiger partial charge in [0.05, 0.1) is 10.3 Å². The molecule has 0 amide bonds. The van der Waals surface area contributed by atoms with E-state index in [9.17, 15) is 5.11 Å². The third kappa shape index (κ3) is 2.59. The number of aliphatic hydroxyl groups is 1. The van der Waals surface area contributed by atoms with Gasteiger partial charge in [-0.05, 0) is 24.4 Å². The van der Waals surface area contributed by atoms with Gasteiger partial charge in [-0.1, -0.05) is 23.9 Å². The lowest BCUT2D eigenvalue weighted by Crippen LogP contribution is -1.95. The molecule has 4 heteroatoms. The SMILES string of the molecule is C[C@@H](O)c1cccnc1Sc1cccs1. The van der Waals surface area contributed by atoms with Crippen LogP contribution in [0, 0.1) is 0 Å². The molecule has 0 aliphatic rings. The smallest absolute Gasteiger partial charge is 0.107 e. The Hall–Kier alpha value is -0.840. The minimum Gasteiger partial charge on any atom is -0.389 e. The lowest BCUT2D eigenvalue weighted by atomic mass is 10.2. The van der Waals surface area contributed by atoms with Crippen molar-refractivity contribution in [3.63, 3.8) is 0 Å². The standard InChI is InChI=1S/C11H11NOS2/c1-8(13)9-4-2-6-12-11(9)15-10-5-3-7-14-10/h2-8,13H,1H3/t8-/m1/s1. The molecule has 0 aliphatic carbocycles. The number of rotatable bonds is 3. The molecular formula is C11H11NOS2. The fourth-order valence-corrected chi connectivity index (χ4v) is 3.07. The summed E-state index contributed by atoms with van der Waals surface area (Å²) in [6, 6.07) is 7.82. The highest BCUT2D eigenvalue weighted by molar-refractivity contribution is 8.01. The molecule has 1 atom stereocenters. The van der Waals surface area contributed by atoms with Crippen molar-refractivity contribution < 1.29 is 5.11 Å². The van der Waals surface area contributed by atoms with Gasteiger partial charge in [0.15, 0.2) is 0 Å². The summed E-state index contributed by atoms with van der Waals surface area (Å²) in [6.45, 7) is 1.76. The Bertz CT molecular complexity index is 426. The van der Waals surface area contributed by atoms with Gasteiger partial charge in [0, 0.05) is 11.8 Å². The van der Waals surface area contributed by atoms with E-state index in [1.54, 1.807) is 36.2 Å². The van der Waals surface area contributed by atoms with E-state index in [2.05, 4.69) is 11.1 Å². The molecular weight excluding hydrogens is 226 g/mol. The van der Waals surface area contributed by atoms with E-state index in [0.717, 1.165) is 10.6 Å². The number of nitrogens with zero attached hydrogens (tertiary/aromatic N) is 1. The maximum atomic E-state index is 9.58. The van der Waals surface area contributed by atoms with Crippen LogP contribution in [0.15, 0.2) is 45.1 Å². The fraction of sp³-hybridized carbons (Fsp3) is 0.182. The Kier molecular flexibility index (Phi) is 3.41. The van der Waals surface area contributed by atoms with E-state index in [-0.39, 0.29) is 0 Å². The van der Waals surface area contributed by atoms with Gasteiger partial charge in [0.25, 0.3) is 0 Å².